The van der Waals surface area contributed by atoms with Gasteiger partial charge in [0.15, 0.2) is 16.0 Å². The molecule has 31 heteroatoms. The van der Waals surface area contributed by atoms with Crippen molar-refractivity contribution in [3.63, 3.8) is 0 Å². The number of allylic oxidation sites excluding steroid dienone is 2. The number of Topliss-reactive ketones (excluding diaryl/α,β-unsaturated/α-hetero) is 1. The van der Waals surface area contributed by atoms with Crippen molar-refractivity contribution in [1.29, 1.82) is 0 Å². The fraction of sp³-hybridized carbons (Fsp3) is 0.571. The molecule has 4 aromatic heterocycles. The van der Waals surface area contributed by atoms with Crippen molar-refractivity contribution in [2.45, 2.75) is 247 Å². The Bertz CT molecular complexity index is 4670. The maximum Gasteiger partial charge on any atom is 0.408 e. The van der Waals surface area contributed by atoms with Crippen LogP contribution in [0.4, 0.5) is 19.9 Å². The number of carbonyl (C=O) groups is 8. The molecule has 4 aliphatic heterocycles. The van der Waals surface area contributed by atoms with Crippen molar-refractivity contribution in [2.75, 3.05) is 57.4 Å². The number of carboxylic acid groups (broad SMARTS) is 1. The first-order valence-electron chi connectivity index (χ1n) is 40.8. The van der Waals surface area contributed by atoms with Gasteiger partial charge < -0.3 is 79.8 Å². The first-order chi connectivity index (χ1) is 55.2. The molecule has 4 aliphatic carbocycles. The summed E-state index contributed by atoms with van der Waals surface area (Å²) in [5.74, 6) is -1.47. The fourth-order valence-corrected chi connectivity index (χ4v) is 18.9. The molecule has 6 aromatic rings. The average molecular weight is 1640 g/mol. The molecule has 2 aromatic carbocycles. The van der Waals surface area contributed by atoms with E-state index in [4.69, 9.17) is 48.4 Å². The Morgan fingerprint density at radius 2 is 0.991 bits per heavy atom. The number of ketones is 1. The highest BCUT2D eigenvalue weighted by Gasteiger charge is 2.62. The summed E-state index contributed by atoms with van der Waals surface area (Å²) in [5.41, 5.74) is 1.12. The molecule has 0 radical (unpaired) electrons. The van der Waals surface area contributed by atoms with Crippen molar-refractivity contribution in [2.24, 2.45) is 11.8 Å². The number of anilines is 2. The predicted octanol–water partition coefficient (Wildman–Crippen LogP) is 13.6. The lowest BCUT2D eigenvalue weighted by Gasteiger charge is -2.30. The average Bonchev–Trinajstić information content (AvgIpc) is 1.59. The number of fused-ring (bicyclic) bond motifs is 6. The highest BCUT2D eigenvalue weighted by atomic mass is 32.1. The Labute approximate surface area is 678 Å². The van der Waals surface area contributed by atoms with Crippen LogP contribution in [0.5, 0.6) is 23.0 Å². The smallest absolute Gasteiger partial charge is 0.408 e. The lowest BCUT2D eigenvalue weighted by molar-refractivity contribution is -0.145. The molecular formula is C84H109N12O16PS2. The topological polar surface area (TPSA) is 359 Å². The molecule has 0 unspecified atom stereocenters. The van der Waals surface area contributed by atoms with Crippen LogP contribution < -0.4 is 50.8 Å². The van der Waals surface area contributed by atoms with Gasteiger partial charge in [-0.3, -0.25) is 24.0 Å². The fourth-order valence-electron chi connectivity index (χ4n) is 16.5. The van der Waals surface area contributed by atoms with Gasteiger partial charge in [-0.15, -0.1) is 22.7 Å². The number of amides is 6. The Hall–Kier alpha value is -9.41. The van der Waals surface area contributed by atoms with Gasteiger partial charge in [0.1, 0.15) is 94.0 Å². The van der Waals surface area contributed by atoms with Crippen LogP contribution in [0.2, 0.25) is 0 Å². The van der Waals surface area contributed by atoms with Crippen molar-refractivity contribution in [3.8, 4) is 45.8 Å². The number of benzene rings is 2. The van der Waals surface area contributed by atoms with Gasteiger partial charge in [-0.05, 0) is 168 Å². The number of thiazole rings is 2. The molecule has 0 spiro atoms. The largest absolute Gasteiger partial charge is 0.497 e. The first-order valence-corrected chi connectivity index (χ1v) is 45.4. The number of methoxy groups -OCH3 is 2. The lowest BCUT2D eigenvalue weighted by atomic mass is 10.0. The second-order valence-corrected chi connectivity index (χ2v) is 38.2. The Morgan fingerprint density at radius 3 is 1.42 bits per heavy atom. The van der Waals surface area contributed by atoms with E-state index in [1.807, 2.05) is 105 Å². The molecule has 8 aliphatic rings. The van der Waals surface area contributed by atoms with E-state index < -0.39 is 96.4 Å². The van der Waals surface area contributed by atoms with E-state index in [9.17, 15) is 48.0 Å². The molecule has 0 bridgehead atoms. The minimum Gasteiger partial charge on any atom is -0.497 e. The van der Waals surface area contributed by atoms with E-state index in [0.29, 0.717) is 99.7 Å². The Morgan fingerprint density at radius 1 is 0.565 bits per heavy atom. The zero-order valence-electron chi connectivity index (χ0n) is 66.9. The van der Waals surface area contributed by atoms with Gasteiger partial charge in [-0.1, -0.05) is 50.0 Å². The number of hydrogen-bond acceptors (Lipinski definition) is 23. The van der Waals surface area contributed by atoms with Gasteiger partial charge in [0.25, 0.3) is 0 Å². The van der Waals surface area contributed by atoms with Gasteiger partial charge in [-0.25, -0.2) is 34.3 Å². The van der Waals surface area contributed by atoms with Gasteiger partial charge in [0, 0.05) is 95.1 Å². The number of ether oxygens (including phenoxy) is 6. The van der Waals surface area contributed by atoms with Crippen LogP contribution in [-0.2, 0) is 42.8 Å². The van der Waals surface area contributed by atoms with Crippen molar-refractivity contribution in [1.82, 2.24) is 51.0 Å². The van der Waals surface area contributed by atoms with Gasteiger partial charge in [0.05, 0.1) is 56.9 Å². The van der Waals surface area contributed by atoms with Crippen LogP contribution in [0.15, 0.2) is 83.6 Å². The third-order valence-electron chi connectivity index (χ3n) is 22.9. The van der Waals surface area contributed by atoms with Crippen LogP contribution in [-0.4, -0.2) is 201 Å². The van der Waals surface area contributed by atoms with Crippen molar-refractivity contribution in [3.05, 3.63) is 83.6 Å². The van der Waals surface area contributed by atoms with Gasteiger partial charge in [0.2, 0.25) is 23.6 Å². The molecule has 28 nitrogen and oxygen atoms in total. The minimum atomic E-state index is -2.49. The van der Waals surface area contributed by atoms with E-state index in [0.717, 1.165) is 100 Å². The normalized spacial score (nSPS) is 26.2. The molecule has 618 valence electrons. The molecule has 10 atom stereocenters. The van der Waals surface area contributed by atoms with Crippen LogP contribution in [0.25, 0.3) is 44.6 Å². The molecule has 14 rings (SSSR count). The van der Waals surface area contributed by atoms with E-state index in [-0.39, 0.29) is 86.8 Å². The standard InChI is InChI=1S/C44H59N6O8PS.C40H50N6O8S/c1-27(2)45-42-47-36(26-60-42)35-23-38(32-18-17-30(56-3)21-34(32)46-35)57-31-22-37-40(52)49-44(39(51)19-20-59(4,5)55)24-28(44)13-9-7-6-8-10-16-33(41(53)50(37)25-31)48-43(54)58-29-14-11-12-15-29;1-23(2)41-38-43-32(22-55-38)31-19-34(28-16-15-26(52-3)17-30(28)42-31)53-27-18-33-35(47)45-40(37(49)50)20-24(40)11-7-5-4-6-8-14-29(36(48)46(33)21-27)44-39(51)54-25-12-9-10-13-25/h9,13,17-18,21,23,26-29,31,33,37H,6-8,10-12,14-16,19-20,22,24-25H2,1-5H3,(H,45,47)(H,48,54)(H,49,52);7,11,15-17,19,22-25,27,29,33H,4-6,8-10,12-14,18,20-21H2,1-3H3,(H,41,43)(H,44,51)(H,45,47)(H,49,50)/b13-9-;11-7-/t28-,31-,33+,37+,44-;24-,27-,29+,33+,40-/m11/s1. The summed E-state index contributed by atoms with van der Waals surface area (Å²) >= 11 is 2.95. The predicted molar refractivity (Wildman–Crippen MR) is 441 cm³/mol. The van der Waals surface area contributed by atoms with Gasteiger partial charge in [-0.2, -0.15) is 0 Å². The summed E-state index contributed by atoms with van der Waals surface area (Å²) in [7, 11) is 0.684. The van der Waals surface area contributed by atoms with Gasteiger partial charge >= 0.3 is 18.2 Å². The number of nitrogens with zero attached hydrogens (tertiary/aromatic N) is 6. The summed E-state index contributed by atoms with van der Waals surface area (Å²) in [4.78, 5) is 133. The first kappa shape index (κ1) is 83.5. The number of carbonyl (C=O) groups excluding carboxylic acids is 7. The Kier molecular flexibility index (Phi) is 26.7. The molecule has 7 N–H and O–H groups in total. The number of nitrogens with one attached hydrogen (secondary N) is 6. The maximum atomic E-state index is 14.8. The van der Waals surface area contributed by atoms with E-state index in [1.54, 1.807) is 27.5 Å². The van der Waals surface area contributed by atoms with Crippen molar-refractivity contribution >= 4 is 109 Å². The second kappa shape index (κ2) is 36.8. The van der Waals surface area contributed by atoms with Crippen LogP contribution in [0, 0.1) is 11.8 Å². The summed E-state index contributed by atoms with van der Waals surface area (Å²) < 4.78 is 48.6. The third-order valence-corrected chi connectivity index (χ3v) is 25.7. The minimum absolute atomic E-state index is 0.0324. The monoisotopic (exact) mass is 1640 g/mol. The third kappa shape index (κ3) is 20.7. The lowest BCUT2D eigenvalue weighted by Crippen LogP contribution is -2.56. The number of carboxylic acids is 1. The number of pyridine rings is 2. The highest BCUT2D eigenvalue weighted by Crippen LogP contribution is 2.50. The molecule has 4 saturated carbocycles. The molecule has 6 fully saturated rings. The molecule has 2 saturated heterocycles. The SMILES string of the molecule is COc1ccc2c(O[C@@H]3C[C@H]4C(=O)N[C@]5(C(=O)CCP(C)(C)=O)C[C@H]5/C=C\CCCCC[C@H](NC(=O)OC5CCCC5)C(=O)N4C3)cc(-c3csc(NC(C)C)n3)nc2c1.COc1ccc2c(O[C@@H]3C[C@H]4C(=O)N[C@]5(C(=O)O)C[C@H]5/C=C\CCCCC[C@H](NC(=O)OC5CCCC5)C(=O)N4C3)cc(-c3csc(NC(C)C)n3)nc2c1. The Balaban J connectivity index is 0.000000201. The second-order valence-electron chi connectivity index (χ2n) is 32.9. The van der Waals surface area contributed by atoms with E-state index in [1.165, 1.54) is 32.5 Å². The van der Waals surface area contributed by atoms with E-state index >= 15 is 0 Å². The van der Waals surface area contributed by atoms with Crippen molar-refractivity contribution < 1.29 is 76.4 Å². The molecule has 6 amide bonds. The number of aliphatic carboxylic acids is 1. The number of hydrogen-bond donors (Lipinski definition) is 7. The van der Waals surface area contributed by atoms with Crippen LogP contribution >= 0.6 is 29.8 Å². The maximum absolute atomic E-state index is 14.8. The summed E-state index contributed by atoms with van der Waals surface area (Å²) in [5, 5.41) is 35.4. The summed E-state index contributed by atoms with van der Waals surface area (Å²) in [6.45, 7) is 11.6. The summed E-state index contributed by atoms with van der Waals surface area (Å²) in [6.07, 6.45) is 20.3. The van der Waals surface area contributed by atoms with E-state index in [2.05, 4.69) is 38.0 Å². The van der Waals surface area contributed by atoms with Crippen LogP contribution in [0.3, 0.4) is 0 Å². The number of alkyl carbamates (subject to hydrolysis) is 2. The molecule has 8 heterocycles. The number of aromatic nitrogens is 4. The highest BCUT2D eigenvalue weighted by molar-refractivity contribution is 7.62. The quantitative estimate of drug-likeness (QED) is 0.0260. The number of rotatable bonds is 21. The zero-order chi connectivity index (χ0) is 81.3. The molecule has 115 heavy (non-hydrogen) atoms. The molecular weight excluding hydrogens is 1530 g/mol. The zero-order valence-corrected chi connectivity index (χ0v) is 69.4. The van der Waals surface area contributed by atoms with Crippen LogP contribution in [0.1, 0.15) is 175 Å². The summed E-state index contributed by atoms with van der Waals surface area (Å²) in [6, 6.07) is 11.1.